The van der Waals surface area contributed by atoms with Crippen LogP contribution in [0.5, 0.6) is 0 Å². The SMILES string of the molecule is [B]c1c([B])c([B])c(-c2ccc3oc4cc(-c5nc(-c6c([B])c([B])c([B])c([B])c6[B])nc(-n6c7ccccc7c7ccccc76)n5)ccc4c3c2)c([B])c1[B]. The molecule has 0 saturated carbocycles. The van der Waals surface area contributed by atoms with Gasteiger partial charge in [-0.1, -0.05) is 70.4 Å². The highest BCUT2D eigenvalue weighted by molar-refractivity contribution is 6.69. The molecule has 0 saturated heterocycles. The van der Waals surface area contributed by atoms with Crippen molar-refractivity contribution in [2.45, 2.75) is 0 Å². The van der Waals surface area contributed by atoms with Crippen LogP contribution in [0.3, 0.4) is 0 Å². The molecule has 0 aliphatic rings. The van der Waals surface area contributed by atoms with Gasteiger partial charge in [-0.3, -0.25) is 4.57 Å². The van der Waals surface area contributed by atoms with Crippen LogP contribution in [0.4, 0.5) is 0 Å². The quantitative estimate of drug-likeness (QED) is 0.201. The smallest absolute Gasteiger partial charge is 0.238 e. The van der Waals surface area contributed by atoms with Crippen molar-refractivity contribution >= 4 is 177 Å². The predicted octanol–water partition coefficient (Wildman–Crippen LogP) is -2.19. The highest BCUT2D eigenvalue weighted by Crippen LogP contribution is 2.35. The van der Waals surface area contributed by atoms with E-state index in [0.29, 0.717) is 39.6 Å². The van der Waals surface area contributed by atoms with Crippen LogP contribution in [-0.2, 0) is 0 Å². The molecule has 3 aromatic heterocycles. The van der Waals surface area contributed by atoms with Gasteiger partial charge in [-0.15, -0.1) is 32.8 Å². The van der Waals surface area contributed by atoms with Crippen molar-refractivity contribution in [1.82, 2.24) is 19.5 Å². The number of hydrogen-bond acceptors (Lipinski definition) is 4. The summed E-state index contributed by atoms with van der Waals surface area (Å²) in [6.45, 7) is 0. The summed E-state index contributed by atoms with van der Waals surface area (Å²) >= 11 is 0. The molecule has 20 radical (unpaired) electrons. The minimum atomic E-state index is 0.0768. The number of benzene rings is 6. The van der Waals surface area contributed by atoms with Gasteiger partial charge in [0.2, 0.25) is 5.95 Å². The highest BCUT2D eigenvalue weighted by atomic mass is 16.3. The van der Waals surface area contributed by atoms with Crippen LogP contribution >= 0.6 is 0 Å². The Kier molecular flexibility index (Phi) is 8.00. The molecule has 9 rings (SSSR count). The molecule has 5 nitrogen and oxygen atoms in total. The minimum absolute atomic E-state index is 0.0768. The predicted molar refractivity (Wildman–Crippen MR) is 232 cm³/mol. The molecule has 0 N–H and O–H groups in total. The second kappa shape index (κ2) is 12.6. The molecule has 0 spiro atoms. The largest absolute Gasteiger partial charge is 0.456 e. The molecule has 9 aromatic rings. The lowest BCUT2D eigenvalue weighted by atomic mass is 9.59. The van der Waals surface area contributed by atoms with E-state index in [9.17, 15) is 0 Å². The van der Waals surface area contributed by atoms with Crippen molar-refractivity contribution in [3.05, 3.63) is 84.9 Å². The average Bonchev–Trinajstić information content (AvgIpc) is 3.73. The van der Waals surface area contributed by atoms with Crippen molar-refractivity contribution in [3.8, 4) is 39.9 Å². The Hall–Kier alpha value is -5.42. The van der Waals surface area contributed by atoms with E-state index in [4.69, 9.17) is 97.8 Å². The first-order valence-electron chi connectivity index (χ1n) is 16.7. The maximum atomic E-state index is 6.54. The first kappa shape index (κ1) is 34.4. The maximum absolute atomic E-state index is 6.54. The highest BCUT2D eigenvalue weighted by Gasteiger charge is 2.22. The molecule has 0 aliphatic carbocycles. The van der Waals surface area contributed by atoms with Crippen molar-refractivity contribution < 1.29 is 4.42 Å². The van der Waals surface area contributed by atoms with Gasteiger partial charge < -0.3 is 4.42 Å². The fraction of sp³-hybridized carbons (Fsp3) is 0. The average molecular weight is 663 g/mol. The molecular formula is C39H14B10N4O. The fourth-order valence-electron chi connectivity index (χ4n) is 7.17. The normalized spacial score (nSPS) is 11.7. The second-order valence-corrected chi connectivity index (χ2v) is 13.1. The molecule has 15 heteroatoms. The molecule has 0 unspecified atom stereocenters. The van der Waals surface area contributed by atoms with Crippen LogP contribution < -0.4 is 54.6 Å². The van der Waals surface area contributed by atoms with E-state index >= 15 is 0 Å². The summed E-state index contributed by atoms with van der Waals surface area (Å²) in [5.74, 6) is 0.768. The number of fused-ring (bicyclic) bond motifs is 6. The molecule has 226 valence electrons. The van der Waals surface area contributed by atoms with E-state index in [1.807, 2.05) is 77.4 Å². The minimum Gasteiger partial charge on any atom is -0.456 e. The maximum Gasteiger partial charge on any atom is 0.238 e. The molecule has 0 fully saturated rings. The van der Waals surface area contributed by atoms with Gasteiger partial charge in [0.25, 0.3) is 0 Å². The third-order valence-electron chi connectivity index (χ3n) is 10.0. The van der Waals surface area contributed by atoms with Crippen molar-refractivity contribution in [3.63, 3.8) is 0 Å². The van der Waals surface area contributed by atoms with E-state index in [-0.39, 0.29) is 66.0 Å². The number of furan rings is 1. The Bertz CT molecular complexity index is 2970. The van der Waals surface area contributed by atoms with Gasteiger partial charge >= 0.3 is 0 Å². The van der Waals surface area contributed by atoms with Crippen LogP contribution in [0.25, 0.3) is 83.6 Å². The van der Waals surface area contributed by atoms with Gasteiger partial charge in [0.1, 0.15) is 89.6 Å². The zero-order valence-corrected chi connectivity index (χ0v) is 28.6. The number of hydrogen-bond donors (Lipinski definition) is 0. The Morgan fingerprint density at radius 3 is 1.48 bits per heavy atom. The number of aromatic nitrogens is 4. The lowest BCUT2D eigenvalue weighted by Crippen LogP contribution is -2.55. The first-order chi connectivity index (χ1) is 25.9. The van der Waals surface area contributed by atoms with E-state index in [0.717, 1.165) is 32.6 Å². The first-order valence-corrected chi connectivity index (χ1v) is 16.7. The topological polar surface area (TPSA) is 56.7 Å². The van der Waals surface area contributed by atoms with Gasteiger partial charge in [0.05, 0.1) is 11.0 Å². The van der Waals surface area contributed by atoms with Crippen molar-refractivity contribution in [1.29, 1.82) is 0 Å². The van der Waals surface area contributed by atoms with Gasteiger partial charge in [0.15, 0.2) is 11.6 Å². The molecular weight excluding hydrogens is 649 g/mol. The zero-order valence-electron chi connectivity index (χ0n) is 28.6. The third-order valence-corrected chi connectivity index (χ3v) is 10.0. The molecule has 3 heterocycles. The standard InChI is InChI=1S/C39H14B10N4O/c40-27-25(28(41)32(45)35(48)31(27)44)15-10-12-23-20(13-15)19-11-9-16(14-24(19)54-23)37-50-38(26-29(42)33(46)36(49)34(47)30(26)43)52-39(51-37)53-21-7-3-1-5-17(21)18-6-2-4-8-22(18)53/h1-14H. The summed E-state index contributed by atoms with van der Waals surface area (Å²) in [7, 11) is 63.0. The van der Waals surface area contributed by atoms with E-state index in [1.54, 1.807) is 0 Å². The van der Waals surface area contributed by atoms with Crippen LogP contribution in [0.1, 0.15) is 0 Å². The third kappa shape index (κ3) is 5.04. The van der Waals surface area contributed by atoms with E-state index in [2.05, 4.69) is 12.1 Å². The zero-order chi connectivity index (χ0) is 37.7. The lowest BCUT2D eigenvalue weighted by molar-refractivity contribution is 0.669. The summed E-state index contributed by atoms with van der Waals surface area (Å²) in [4.78, 5) is 14.8. The summed E-state index contributed by atoms with van der Waals surface area (Å²) in [6.07, 6.45) is 0. The van der Waals surface area contributed by atoms with Gasteiger partial charge in [-0.25, -0.2) is 4.98 Å². The summed E-state index contributed by atoms with van der Waals surface area (Å²) in [6, 6.07) is 27.2. The Labute approximate surface area is 324 Å². The molecule has 0 bridgehead atoms. The fourth-order valence-corrected chi connectivity index (χ4v) is 7.17. The summed E-state index contributed by atoms with van der Waals surface area (Å²) in [5, 5.41) is 3.66. The van der Waals surface area contributed by atoms with Gasteiger partial charge in [0, 0.05) is 32.7 Å². The Morgan fingerprint density at radius 1 is 0.389 bits per heavy atom. The molecule has 6 aromatic carbocycles. The van der Waals surface area contributed by atoms with E-state index < -0.39 is 0 Å². The van der Waals surface area contributed by atoms with Crippen LogP contribution in [0.15, 0.2) is 89.3 Å². The Balaban J connectivity index is 1.27. The number of rotatable bonds is 4. The monoisotopic (exact) mass is 664 g/mol. The second-order valence-electron chi connectivity index (χ2n) is 13.1. The molecule has 0 atom stereocenters. The lowest BCUT2D eigenvalue weighted by Gasteiger charge is -2.21. The number of nitrogens with zero attached hydrogens (tertiary/aromatic N) is 4. The molecule has 54 heavy (non-hydrogen) atoms. The van der Waals surface area contributed by atoms with Crippen molar-refractivity contribution in [2.24, 2.45) is 0 Å². The van der Waals surface area contributed by atoms with Crippen LogP contribution in [-0.4, -0.2) is 98.0 Å². The Morgan fingerprint density at radius 2 is 0.889 bits per heavy atom. The summed E-state index contributed by atoms with van der Waals surface area (Å²) in [5.41, 5.74) is 6.39. The molecule has 0 amide bonds. The van der Waals surface area contributed by atoms with Gasteiger partial charge in [-0.05, 0) is 47.5 Å². The summed E-state index contributed by atoms with van der Waals surface area (Å²) < 4.78 is 8.32. The number of para-hydroxylation sites is 2. The van der Waals surface area contributed by atoms with E-state index in [1.165, 1.54) is 0 Å². The van der Waals surface area contributed by atoms with Crippen LogP contribution in [0, 0.1) is 0 Å². The molecule has 0 aliphatic heterocycles. The van der Waals surface area contributed by atoms with Crippen molar-refractivity contribution in [2.75, 3.05) is 0 Å². The van der Waals surface area contributed by atoms with Gasteiger partial charge in [-0.2, -0.15) is 9.97 Å². The van der Waals surface area contributed by atoms with Crippen LogP contribution in [0.2, 0.25) is 0 Å².